The molecule has 144 valence electrons. The Labute approximate surface area is 154 Å². The number of nitrogens with zero attached hydrogens (tertiary/aromatic N) is 3. The van der Waals surface area contributed by atoms with E-state index >= 15 is 0 Å². The number of likely N-dealkylation sites (tertiary alicyclic amines) is 1. The molecule has 0 bridgehead atoms. The number of non-ortho nitro benzene ring substituents is 1. The van der Waals surface area contributed by atoms with Crippen LogP contribution >= 0.6 is 0 Å². The summed E-state index contributed by atoms with van der Waals surface area (Å²) in [7, 11) is 0. The number of carbonyl (C=O) groups is 3. The van der Waals surface area contributed by atoms with Crippen molar-refractivity contribution in [2.75, 3.05) is 31.1 Å². The topological polar surface area (TPSA) is 130 Å². The van der Waals surface area contributed by atoms with E-state index in [1.807, 2.05) is 0 Å². The lowest BCUT2D eigenvalue weighted by molar-refractivity contribution is -0.384. The third-order valence-electron chi connectivity index (χ3n) is 4.96. The normalized spacial score (nSPS) is 22.0. The lowest BCUT2D eigenvalue weighted by Crippen LogP contribution is -2.50. The quantitative estimate of drug-likeness (QED) is 0.609. The number of amides is 2. The highest BCUT2D eigenvalue weighted by molar-refractivity contribution is 6.02. The Balaban J connectivity index is 1.77. The van der Waals surface area contributed by atoms with E-state index in [1.54, 1.807) is 6.92 Å². The molecule has 1 aromatic carbocycles. The molecule has 2 heterocycles. The van der Waals surface area contributed by atoms with Crippen LogP contribution in [0.4, 0.5) is 11.4 Å². The fourth-order valence-electron chi connectivity index (χ4n) is 3.45. The number of hydrogen-bond donors (Lipinski definition) is 1. The van der Waals surface area contributed by atoms with Crippen molar-refractivity contribution in [2.24, 2.45) is 11.8 Å². The Hall–Kier alpha value is -3.17. The highest BCUT2D eigenvalue weighted by Gasteiger charge is 2.35. The first-order valence-corrected chi connectivity index (χ1v) is 8.50. The van der Waals surface area contributed by atoms with E-state index < -0.39 is 22.7 Å². The van der Waals surface area contributed by atoms with Crippen LogP contribution in [0.5, 0.6) is 5.75 Å². The predicted octanol–water partition coefficient (Wildman–Crippen LogP) is 0.889. The monoisotopic (exact) mass is 377 g/mol. The average Bonchev–Trinajstić information content (AvgIpc) is 2.63. The molecular weight excluding hydrogens is 358 g/mol. The van der Waals surface area contributed by atoms with Crippen molar-refractivity contribution in [1.29, 1.82) is 0 Å². The van der Waals surface area contributed by atoms with Crippen molar-refractivity contribution in [1.82, 2.24) is 4.90 Å². The fourth-order valence-corrected chi connectivity index (χ4v) is 3.45. The van der Waals surface area contributed by atoms with Gasteiger partial charge in [-0.05, 0) is 18.4 Å². The smallest absolute Gasteiger partial charge is 0.306 e. The van der Waals surface area contributed by atoms with Crippen molar-refractivity contribution in [2.45, 2.75) is 13.3 Å². The summed E-state index contributed by atoms with van der Waals surface area (Å²) in [5.41, 5.74) is -0.0253. The summed E-state index contributed by atoms with van der Waals surface area (Å²) in [5, 5.41) is 20.2. The second-order valence-corrected chi connectivity index (χ2v) is 6.73. The lowest BCUT2D eigenvalue weighted by Gasteiger charge is -2.36. The van der Waals surface area contributed by atoms with Crippen LogP contribution in [0.15, 0.2) is 18.2 Å². The van der Waals surface area contributed by atoms with E-state index in [0.717, 1.165) is 0 Å². The predicted molar refractivity (Wildman–Crippen MR) is 92.4 cm³/mol. The lowest BCUT2D eigenvalue weighted by atomic mass is 9.87. The first-order chi connectivity index (χ1) is 12.8. The first kappa shape index (κ1) is 18.6. The molecule has 2 unspecified atom stereocenters. The van der Waals surface area contributed by atoms with Gasteiger partial charge >= 0.3 is 5.97 Å². The summed E-state index contributed by atoms with van der Waals surface area (Å²) in [5.74, 6) is -2.08. The van der Waals surface area contributed by atoms with Crippen molar-refractivity contribution in [3.05, 3.63) is 28.3 Å². The number of benzene rings is 1. The SMILES string of the molecule is CC1CN(C(=O)CN2C(=O)COc3ccc([N+](=O)[O-])cc32)CCC1C(=O)O. The Morgan fingerprint density at radius 1 is 1.41 bits per heavy atom. The molecule has 0 saturated carbocycles. The molecule has 0 radical (unpaired) electrons. The van der Waals surface area contributed by atoms with E-state index in [4.69, 9.17) is 4.74 Å². The van der Waals surface area contributed by atoms with Gasteiger partial charge in [0.2, 0.25) is 5.91 Å². The van der Waals surface area contributed by atoms with E-state index in [-0.39, 0.29) is 42.9 Å². The molecule has 1 fully saturated rings. The molecule has 3 rings (SSSR count). The molecule has 2 amide bonds. The highest BCUT2D eigenvalue weighted by Crippen LogP contribution is 2.35. The number of ether oxygens (including phenoxy) is 1. The minimum Gasteiger partial charge on any atom is -0.482 e. The number of fused-ring (bicyclic) bond motifs is 1. The molecule has 2 aliphatic heterocycles. The van der Waals surface area contributed by atoms with Gasteiger partial charge in [0.1, 0.15) is 12.3 Å². The third kappa shape index (κ3) is 3.69. The van der Waals surface area contributed by atoms with E-state index in [0.29, 0.717) is 18.7 Å². The number of nitro groups is 1. The summed E-state index contributed by atoms with van der Waals surface area (Å²) >= 11 is 0. The second-order valence-electron chi connectivity index (χ2n) is 6.73. The molecule has 0 aliphatic carbocycles. The Kier molecular flexibility index (Phi) is 4.98. The van der Waals surface area contributed by atoms with Crippen LogP contribution in [0, 0.1) is 22.0 Å². The van der Waals surface area contributed by atoms with Gasteiger partial charge in [0, 0.05) is 25.2 Å². The molecule has 27 heavy (non-hydrogen) atoms. The van der Waals surface area contributed by atoms with Gasteiger partial charge in [-0.1, -0.05) is 6.92 Å². The minimum atomic E-state index is -0.876. The van der Waals surface area contributed by atoms with E-state index in [9.17, 15) is 29.6 Å². The largest absolute Gasteiger partial charge is 0.482 e. The van der Waals surface area contributed by atoms with Gasteiger partial charge < -0.3 is 14.7 Å². The molecule has 0 aromatic heterocycles. The van der Waals surface area contributed by atoms with Gasteiger partial charge in [0.25, 0.3) is 11.6 Å². The number of hydrogen-bond acceptors (Lipinski definition) is 6. The minimum absolute atomic E-state index is 0.183. The third-order valence-corrected chi connectivity index (χ3v) is 4.96. The summed E-state index contributed by atoms with van der Waals surface area (Å²) in [6, 6.07) is 3.88. The number of carbonyl (C=O) groups excluding carboxylic acids is 2. The zero-order chi connectivity index (χ0) is 19.7. The summed E-state index contributed by atoms with van der Waals surface area (Å²) in [6.45, 7) is 1.82. The Morgan fingerprint density at radius 3 is 2.78 bits per heavy atom. The average molecular weight is 377 g/mol. The highest BCUT2D eigenvalue weighted by atomic mass is 16.6. The summed E-state index contributed by atoms with van der Waals surface area (Å²) in [4.78, 5) is 49.3. The Morgan fingerprint density at radius 2 is 2.15 bits per heavy atom. The Bertz CT molecular complexity index is 810. The van der Waals surface area contributed by atoms with Crippen LogP contribution in [0.25, 0.3) is 0 Å². The summed E-state index contributed by atoms with van der Waals surface area (Å²) in [6.07, 6.45) is 0.349. The van der Waals surface area contributed by atoms with Crippen molar-refractivity contribution in [3.8, 4) is 5.75 Å². The zero-order valence-corrected chi connectivity index (χ0v) is 14.7. The van der Waals surface area contributed by atoms with E-state index in [2.05, 4.69) is 0 Å². The fraction of sp³-hybridized carbons (Fsp3) is 0.471. The molecule has 1 saturated heterocycles. The molecule has 10 nitrogen and oxygen atoms in total. The van der Waals surface area contributed by atoms with E-state index in [1.165, 1.54) is 28.0 Å². The first-order valence-electron chi connectivity index (χ1n) is 8.50. The van der Waals surface area contributed by atoms with Crippen molar-refractivity contribution in [3.63, 3.8) is 0 Å². The molecule has 2 aliphatic rings. The molecule has 10 heteroatoms. The molecule has 0 spiro atoms. The molecule has 2 atom stereocenters. The van der Waals surface area contributed by atoms with Gasteiger partial charge in [-0.15, -0.1) is 0 Å². The van der Waals surface area contributed by atoms with Gasteiger partial charge in [-0.2, -0.15) is 0 Å². The number of piperidine rings is 1. The number of anilines is 1. The zero-order valence-electron chi connectivity index (χ0n) is 14.7. The van der Waals surface area contributed by atoms with Crippen LogP contribution in [0.3, 0.4) is 0 Å². The molecule has 1 aromatic rings. The molecular formula is C17H19N3O7. The molecule has 1 N–H and O–H groups in total. The van der Waals surface area contributed by atoms with Crippen LogP contribution in [-0.2, 0) is 14.4 Å². The van der Waals surface area contributed by atoms with Crippen molar-refractivity contribution >= 4 is 29.2 Å². The number of rotatable bonds is 4. The van der Waals surface area contributed by atoms with Crippen LogP contribution in [0.2, 0.25) is 0 Å². The van der Waals surface area contributed by atoms with Gasteiger partial charge in [0.15, 0.2) is 6.61 Å². The number of carboxylic acids is 1. The van der Waals surface area contributed by atoms with Gasteiger partial charge in [-0.25, -0.2) is 0 Å². The standard InChI is InChI=1S/C17H19N3O7/c1-10-7-18(5-4-12(10)17(23)24)15(21)8-19-13-6-11(20(25)26)2-3-14(13)27-9-16(19)22/h2-3,6,10,12H,4-5,7-9H2,1H3,(H,23,24). The second kappa shape index (κ2) is 7.22. The maximum absolute atomic E-state index is 12.7. The van der Waals surface area contributed by atoms with Gasteiger partial charge in [-0.3, -0.25) is 29.4 Å². The van der Waals surface area contributed by atoms with Crippen molar-refractivity contribution < 1.29 is 29.2 Å². The maximum atomic E-state index is 12.7. The van der Waals surface area contributed by atoms with Gasteiger partial charge in [0.05, 0.1) is 16.5 Å². The maximum Gasteiger partial charge on any atom is 0.306 e. The summed E-state index contributed by atoms with van der Waals surface area (Å²) < 4.78 is 5.28. The number of aliphatic carboxylic acids is 1. The van der Waals surface area contributed by atoms with Crippen LogP contribution < -0.4 is 9.64 Å². The number of nitro benzene ring substituents is 1. The van der Waals surface area contributed by atoms with Crippen LogP contribution in [0.1, 0.15) is 13.3 Å². The number of carboxylic acid groups (broad SMARTS) is 1. The van der Waals surface area contributed by atoms with Crippen LogP contribution in [-0.4, -0.2) is 59.0 Å².